The van der Waals surface area contributed by atoms with Crippen LogP contribution in [0.4, 0.5) is 0 Å². The van der Waals surface area contributed by atoms with Crippen molar-refractivity contribution in [1.82, 2.24) is 0 Å². The fraction of sp³-hybridized carbons (Fsp3) is 0.286. The summed E-state index contributed by atoms with van der Waals surface area (Å²) in [6, 6.07) is 21.7. The fourth-order valence-corrected chi connectivity index (χ4v) is 4.74. The number of ether oxygens (including phenoxy) is 2. The first-order valence-corrected chi connectivity index (χ1v) is 14.1. The molecule has 0 amide bonds. The molecule has 1 heterocycles. The highest BCUT2D eigenvalue weighted by Crippen LogP contribution is 2.43. The number of phenols is 1. The number of hydrogen-bond donors (Lipinski definition) is 1. The molecular formula is C28H32O4Si. The van der Waals surface area contributed by atoms with Crippen molar-refractivity contribution in [3.05, 3.63) is 83.4 Å². The van der Waals surface area contributed by atoms with Crippen LogP contribution in [0.3, 0.4) is 0 Å². The first-order chi connectivity index (χ1) is 15.6. The van der Waals surface area contributed by atoms with E-state index in [1.54, 1.807) is 19.2 Å². The topological polar surface area (TPSA) is 47.9 Å². The summed E-state index contributed by atoms with van der Waals surface area (Å²) >= 11 is 0. The van der Waals surface area contributed by atoms with E-state index < -0.39 is 8.32 Å². The van der Waals surface area contributed by atoms with Gasteiger partial charge in [0.15, 0.2) is 0 Å². The lowest BCUT2D eigenvalue weighted by molar-refractivity contribution is 0.361. The summed E-state index contributed by atoms with van der Waals surface area (Å²) in [5.41, 5.74) is 5.31. The van der Waals surface area contributed by atoms with Gasteiger partial charge in [-0.25, -0.2) is 0 Å². The largest absolute Gasteiger partial charge is 0.544 e. The quantitative estimate of drug-likeness (QED) is 0.411. The summed E-state index contributed by atoms with van der Waals surface area (Å²) in [6.45, 7) is 11.7. The third-order valence-corrected chi connectivity index (χ3v) is 11.0. The Kier molecular flexibility index (Phi) is 6.02. The molecule has 0 spiro atoms. The molecule has 0 fully saturated rings. The second-order valence-electron chi connectivity index (χ2n) is 9.94. The lowest BCUT2D eigenvalue weighted by Crippen LogP contribution is -2.43. The van der Waals surface area contributed by atoms with Gasteiger partial charge in [0.05, 0.1) is 7.11 Å². The number of methoxy groups -OCH3 is 1. The van der Waals surface area contributed by atoms with Crippen molar-refractivity contribution < 1.29 is 19.0 Å². The molecule has 172 valence electrons. The van der Waals surface area contributed by atoms with Gasteiger partial charge in [-0.3, -0.25) is 0 Å². The lowest BCUT2D eigenvalue weighted by Gasteiger charge is -2.36. The minimum atomic E-state index is -1.90. The summed E-state index contributed by atoms with van der Waals surface area (Å²) in [4.78, 5) is 0. The third kappa shape index (κ3) is 4.64. The SMILES string of the molecule is COc1ccc(C2=C(c3ccc(O[Si](C)(C)C(C)(C)C)cc3)COc3cc(O)ccc32)cc1. The predicted octanol–water partition coefficient (Wildman–Crippen LogP) is 7.14. The molecule has 3 aromatic rings. The van der Waals surface area contributed by atoms with Crippen LogP contribution < -0.4 is 13.9 Å². The van der Waals surface area contributed by atoms with Gasteiger partial charge >= 0.3 is 0 Å². The molecule has 0 atom stereocenters. The van der Waals surface area contributed by atoms with Crippen molar-refractivity contribution in [1.29, 1.82) is 0 Å². The summed E-state index contributed by atoms with van der Waals surface area (Å²) < 4.78 is 17.9. The van der Waals surface area contributed by atoms with E-state index >= 15 is 0 Å². The lowest BCUT2D eigenvalue weighted by atomic mass is 9.87. The maximum atomic E-state index is 9.95. The van der Waals surface area contributed by atoms with Crippen LogP contribution >= 0.6 is 0 Å². The van der Waals surface area contributed by atoms with Crippen LogP contribution in [0.1, 0.15) is 37.5 Å². The van der Waals surface area contributed by atoms with Gasteiger partial charge in [0.25, 0.3) is 0 Å². The number of aromatic hydroxyl groups is 1. The fourth-order valence-electron chi connectivity index (χ4n) is 3.71. The first-order valence-electron chi connectivity index (χ1n) is 11.2. The minimum Gasteiger partial charge on any atom is -0.544 e. The highest BCUT2D eigenvalue weighted by molar-refractivity contribution is 6.74. The van der Waals surface area contributed by atoms with E-state index in [4.69, 9.17) is 13.9 Å². The van der Waals surface area contributed by atoms with Gasteiger partial charge in [0.1, 0.15) is 29.6 Å². The van der Waals surface area contributed by atoms with Crippen molar-refractivity contribution in [2.45, 2.75) is 38.9 Å². The van der Waals surface area contributed by atoms with E-state index in [2.05, 4.69) is 70.3 Å². The maximum absolute atomic E-state index is 9.95. The van der Waals surface area contributed by atoms with Crippen LogP contribution in [-0.2, 0) is 0 Å². The van der Waals surface area contributed by atoms with Crippen LogP contribution in [0.2, 0.25) is 18.1 Å². The molecule has 33 heavy (non-hydrogen) atoms. The maximum Gasteiger partial charge on any atom is 0.250 e. The van der Waals surface area contributed by atoms with Crippen molar-refractivity contribution >= 4 is 19.5 Å². The zero-order valence-corrected chi connectivity index (χ0v) is 21.2. The molecule has 5 heteroatoms. The van der Waals surface area contributed by atoms with Gasteiger partial charge in [0.2, 0.25) is 8.32 Å². The van der Waals surface area contributed by atoms with Crippen LogP contribution in [0, 0.1) is 0 Å². The molecular weight excluding hydrogens is 428 g/mol. The summed E-state index contributed by atoms with van der Waals surface area (Å²) in [7, 11) is -0.237. The second kappa shape index (κ2) is 8.63. The molecule has 0 saturated carbocycles. The Balaban J connectivity index is 1.78. The van der Waals surface area contributed by atoms with Gasteiger partial charge in [-0.2, -0.15) is 0 Å². The first kappa shape index (κ1) is 23.0. The van der Waals surface area contributed by atoms with Crippen molar-refractivity contribution in [3.8, 4) is 23.0 Å². The summed E-state index contributed by atoms with van der Waals surface area (Å²) in [6.07, 6.45) is 0. The second-order valence-corrected chi connectivity index (χ2v) is 14.7. The molecule has 0 radical (unpaired) electrons. The van der Waals surface area contributed by atoms with Crippen molar-refractivity contribution in [2.24, 2.45) is 0 Å². The zero-order chi connectivity index (χ0) is 23.8. The van der Waals surface area contributed by atoms with Crippen LogP contribution in [0.15, 0.2) is 66.7 Å². The molecule has 1 N–H and O–H groups in total. The molecule has 4 rings (SSSR count). The van der Waals surface area contributed by atoms with E-state index in [-0.39, 0.29) is 10.8 Å². The molecule has 0 bridgehead atoms. The van der Waals surface area contributed by atoms with E-state index in [9.17, 15) is 5.11 Å². The molecule has 0 saturated heterocycles. The number of fused-ring (bicyclic) bond motifs is 1. The monoisotopic (exact) mass is 460 g/mol. The van der Waals surface area contributed by atoms with E-state index in [0.717, 1.165) is 39.3 Å². The molecule has 1 aliphatic heterocycles. The number of rotatable bonds is 5. The highest BCUT2D eigenvalue weighted by atomic mass is 28.4. The molecule has 1 aliphatic rings. The molecule has 0 unspecified atom stereocenters. The smallest absolute Gasteiger partial charge is 0.250 e. The molecule has 0 aliphatic carbocycles. The van der Waals surface area contributed by atoms with Gasteiger partial charge < -0.3 is 19.0 Å². The number of phenolic OH excluding ortho intramolecular Hbond substituents is 1. The van der Waals surface area contributed by atoms with E-state index in [1.807, 2.05) is 18.2 Å². The number of benzene rings is 3. The summed E-state index contributed by atoms with van der Waals surface area (Å²) in [5.74, 6) is 2.59. The van der Waals surface area contributed by atoms with Gasteiger partial charge in [0, 0.05) is 17.2 Å². The Hall–Kier alpha value is -3.18. The van der Waals surface area contributed by atoms with Crippen LogP contribution in [0.5, 0.6) is 23.0 Å². The van der Waals surface area contributed by atoms with Crippen molar-refractivity contribution in [3.63, 3.8) is 0 Å². The van der Waals surface area contributed by atoms with Crippen LogP contribution in [-0.4, -0.2) is 27.1 Å². The molecule has 4 nitrogen and oxygen atoms in total. The van der Waals surface area contributed by atoms with Crippen LogP contribution in [0.25, 0.3) is 11.1 Å². The minimum absolute atomic E-state index is 0.141. The standard InChI is InChI=1S/C28H32O4Si/c1-28(2,3)33(5,6)32-23-14-7-19(8-15-23)25-18-31-26-17-21(29)11-16-24(26)27(25)20-9-12-22(30-4)13-10-20/h7-17,29H,18H2,1-6H3. The summed E-state index contributed by atoms with van der Waals surface area (Å²) in [5, 5.41) is 10.1. The molecule has 0 aromatic heterocycles. The van der Waals surface area contributed by atoms with E-state index in [1.165, 1.54) is 0 Å². The predicted molar refractivity (Wildman–Crippen MR) is 137 cm³/mol. The van der Waals surface area contributed by atoms with Crippen molar-refractivity contribution in [2.75, 3.05) is 13.7 Å². The normalized spacial score (nSPS) is 13.9. The highest BCUT2D eigenvalue weighted by Gasteiger charge is 2.39. The Bertz CT molecular complexity index is 1170. The third-order valence-electron chi connectivity index (χ3n) is 6.67. The Morgan fingerprint density at radius 1 is 0.848 bits per heavy atom. The average Bonchev–Trinajstić information content (AvgIpc) is 2.78. The zero-order valence-electron chi connectivity index (χ0n) is 20.2. The van der Waals surface area contributed by atoms with E-state index in [0.29, 0.717) is 12.4 Å². The van der Waals surface area contributed by atoms with Gasteiger partial charge in [-0.1, -0.05) is 45.0 Å². The van der Waals surface area contributed by atoms with Gasteiger partial charge in [-0.05, 0) is 71.2 Å². The van der Waals surface area contributed by atoms with Gasteiger partial charge in [-0.15, -0.1) is 0 Å². The average molecular weight is 461 g/mol. The Labute approximate surface area is 197 Å². The Morgan fingerprint density at radius 3 is 2.06 bits per heavy atom. The molecule has 3 aromatic carbocycles. The Morgan fingerprint density at radius 2 is 1.45 bits per heavy atom. The number of hydrogen-bond acceptors (Lipinski definition) is 4.